The zero-order chi connectivity index (χ0) is 13.0. The predicted octanol–water partition coefficient (Wildman–Crippen LogP) is 1.92. The highest BCUT2D eigenvalue weighted by atomic mass is 32.2. The van der Waals surface area contributed by atoms with E-state index in [9.17, 15) is 8.42 Å². The molecule has 1 aliphatic heterocycles. The molecular formula is C14H21NO2S. The lowest BCUT2D eigenvalue weighted by Crippen LogP contribution is -2.30. The predicted molar refractivity (Wildman–Crippen MR) is 74.3 cm³/mol. The van der Waals surface area contributed by atoms with Gasteiger partial charge in [-0.2, -0.15) is 0 Å². The first-order valence-corrected chi connectivity index (χ1v) is 8.34. The molecule has 1 fully saturated rings. The van der Waals surface area contributed by atoms with E-state index in [0.717, 1.165) is 25.8 Å². The van der Waals surface area contributed by atoms with Crippen molar-refractivity contribution in [3.63, 3.8) is 0 Å². The van der Waals surface area contributed by atoms with Gasteiger partial charge in [-0.05, 0) is 30.4 Å². The van der Waals surface area contributed by atoms with Crippen LogP contribution in [0.1, 0.15) is 30.9 Å². The number of rotatable bonds is 5. The van der Waals surface area contributed by atoms with E-state index in [2.05, 4.69) is 24.4 Å². The van der Waals surface area contributed by atoms with Gasteiger partial charge in [-0.15, -0.1) is 0 Å². The summed E-state index contributed by atoms with van der Waals surface area (Å²) in [7, 11) is -2.82. The van der Waals surface area contributed by atoms with Crippen LogP contribution in [0.5, 0.6) is 0 Å². The van der Waals surface area contributed by atoms with Gasteiger partial charge in [0.05, 0.1) is 11.0 Å². The van der Waals surface area contributed by atoms with Crippen molar-refractivity contribution in [3.05, 3.63) is 35.4 Å². The number of aryl methyl sites for hydroxylation is 1. The van der Waals surface area contributed by atoms with Gasteiger partial charge in [-0.25, -0.2) is 8.42 Å². The van der Waals surface area contributed by atoms with Crippen molar-refractivity contribution in [2.45, 2.75) is 38.0 Å². The molecule has 1 unspecified atom stereocenters. The molecule has 1 N–H and O–H groups in total. The van der Waals surface area contributed by atoms with Crippen LogP contribution in [-0.2, 0) is 22.8 Å². The van der Waals surface area contributed by atoms with Gasteiger partial charge in [0.25, 0.3) is 0 Å². The normalized spacial score (nSPS) is 22.2. The number of hydrogen-bond acceptors (Lipinski definition) is 3. The van der Waals surface area contributed by atoms with Crippen LogP contribution in [-0.4, -0.2) is 26.0 Å². The van der Waals surface area contributed by atoms with Gasteiger partial charge in [0.15, 0.2) is 9.84 Å². The molecular weight excluding hydrogens is 246 g/mol. The topological polar surface area (TPSA) is 46.2 Å². The number of hydrogen-bond donors (Lipinski definition) is 1. The largest absolute Gasteiger partial charge is 0.311 e. The Morgan fingerprint density at radius 3 is 2.61 bits per heavy atom. The lowest BCUT2D eigenvalue weighted by molar-refractivity contribution is 0.573. The summed E-state index contributed by atoms with van der Waals surface area (Å²) in [5.41, 5.74) is 2.61. The smallest absolute Gasteiger partial charge is 0.154 e. The van der Waals surface area contributed by atoms with E-state index in [-0.39, 0.29) is 5.25 Å². The minimum atomic E-state index is -2.82. The minimum absolute atomic E-state index is 0.175. The van der Waals surface area contributed by atoms with Crippen LogP contribution < -0.4 is 5.32 Å². The summed E-state index contributed by atoms with van der Waals surface area (Å²) in [5, 5.41) is 3.12. The average molecular weight is 267 g/mol. The van der Waals surface area contributed by atoms with Crippen LogP contribution in [0, 0.1) is 0 Å². The van der Waals surface area contributed by atoms with Gasteiger partial charge in [-0.1, -0.05) is 31.2 Å². The van der Waals surface area contributed by atoms with E-state index in [4.69, 9.17) is 0 Å². The zero-order valence-corrected chi connectivity index (χ0v) is 11.7. The highest BCUT2D eigenvalue weighted by Gasteiger charge is 2.30. The third-order valence-electron chi connectivity index (χ3n) is 3.65. The van der Waals surface area contributed by atoms with E-state index >= 15 is 0 Å². The van der Waals surface area contributed by atoms with Crippen molar-refractivity contribution < 1.29 is 8.42 Å². The summed E-state index contributed by atoms with van der Waals surface area (Å²) in [4.78, 5) is 0. The van der Waals surface area contributed by atoms with E-state index in [0.29, 0.717) is 12.3 Å². The summed E-state index contributed by atoms with van der Waals surface area (Å²) in [5.74, 6) is 0.366. The van der Waals surface area contributed by atoms with Crippen molar-refractivity contribution in [2.75, 3.05) is 12.3 Å². The molecule has 1 aliphatic rings. The molecule has 1 atom stereocenters. The monoisotopic (exact) mass is 267 g/mol. The van der Waals surface area contributed by atoms with Gasteiger partial charge >= 0.3 is 0 Å². The highest BCUT2D eigenvalue weighted by molar-refractivity contribution is 7.92. The van der Waals surface area contributed by atoms with Crippen molar-refractivity contribution in [3.8, 4) is 0 Å². The Kier molecular flexibility index (Phi) is 4.40. The summed E-state index contributed by atoms with van der Waals surface area (Å²) in [6.45, 7) is 3.48. The SMILES string of the molecule is CCc1ccccc1CNCC1CCCS1(=O)=O. The molecule has 0 spiro atoms. The second kappa shape index (κ2) is 5.85. The Bertz CT molecular complexity index is 496. The molecule has 0 saturated carbocycles. The average Bonchev–Trinajstić information content (AvgIpc) is 2.69. The third kappa shape index (κ3) is 3.12. The van der Waals surface area contributed by atoms with E-state index in [1.165, 1.54) is 11.1 Å². The molecule has 0 aromatic heterocycles. The first-order chi connectivity index (χ1) is 8.63. The lowest BCUT2D eigenvalue weighted by Gasteiger charge is -2.12. The van der Waals surface area contributed by atoms with Gasteiger partial charge in [0.1, 0.15) is 0 Å². The molecule has 0 aliphatic carbocycles. The first-order valence-electron chi connectivity index (χ1n) is 6.62. The van der Waals surface area contributed by atoms with Crippen molar-refractivity contribution in [1.82, 2.24) is 5.32 Å². The Hall–Kier alpha value is -0.870. The third-order valence-corrected chi connectivity index (χ3v) is 5.93. The van der Waals surface area contributed by atoms with Crippen molar-refractivity contribution in [2.24, 2.45) is 0 Å². The summed E-state index contributed by atoms with van der Waals surface area (Å²) < 4.78 is 23.4. The molecule has 2 rings (SSSR count). The molecule has 1 saturated heterocycles. The molecule has 0 radical (unpaired) electrons. The molecule has 4 heteroatoms. The fourth-order valence-electron chi connectivity index (χ4n) is 2.53. The van der Waals surface area contributed by atoms with E-state index in [1.807, 2.05) is 12.1 Å². The zero-order valence-electron chi connectivity index (χ0n) is 10.9. The molecule has 0 amide bonds. The second-order valence-electron chi connectivity index (χ2n) is 4.88. The Morgan fingerprint density at radius 2 is 2.00 bits per heavy atom. The van der Waals surface area contributed by atoms with Crippen molar-refractivity contribution in [1.29, 1.82) is 0 Å². The van der Waals surface area contributed by atoms with Crippen LogP contribution in [0.15, 0.2) is 24.3 Å². The number of benzene rings is 1. The quantitative estimate of drug-likeness (QED) is 0.886. The van der Waals surface area contributed by atoms with E-state index < -0.39 is 9.84 Å². The maximum Gasteiger partial charge on any atom is 0.154 e. The number of nitrogens with one attached hydrogen (secondary N) is 1. The maximum atomic E-state index is 11.7. The molecule has 100 valence electrons. The molecule has 18 heavy (non-hydrogen) atoms. The number of sulfone groups is 1. The van der Waals surface area contributed by atoms with Crippen LogP contribution in [0.3, 0.4) is 0 Å². The molecule has 1 aromatic carbocycles. The molecule has 1 aromatic rings. The van der Waals surface area contributed by atoms with Crippen molar-refractivity contribution >= 4 is 9.84 Å². The van der Waals surface area contributed by atoms with Crippen LogP contribution in [0.4, 0.5) is 0 Å². The second-order valence-corrected chi connectivity index (χ2v) is 7.29. The van der Waals surface area contributed by atoms with E-state index in [1.54, 1.807) is 0 Å². The van der Waals surface area contributed by atoms with Gasteiger partial charge in [-0.3, -0.25) is 0 Å². The summed E-state index contributed by atoms with van der Waals surface area (Å²) in [6, 6.07) is 8.31. The molecule has 1 heterocycles. The van der Waals surface area contributed by atoms with Gasteiger partial charge in [0.2, 0.25) is 0 Å². The lowest BCUT2D eigenvalue weighted by atomic mass is 10.1. The minimum Gasteiger partial charge on any atom is -0.311 e. The first kappa shape index (κ1) is 13.6. The summed E-state index contributed by atoms with van der Waals surface area (Å²) >= 11 is 0. The Morgan fingerprint density at radius 1 is 1.28 bits per heavy atom. The van der Waals surface area contributed by atoms with Crippen LogP contribution in [0.2, 0.25) is 0 Å². The molecule has 3 nitrogen and oxygen atoms in total. The fourth-order valence-corrected chi connectivity index (χ4v) is 4.33. The summed E-state index contributed by atoms with van der Waals surface area (Å²) in [6.07, 6.45) is 2.64. The van der Waals surface area contributed by atoms with Crippen LogP contribution >= 0.6 is 0 Å². The Balaban J connectivity index is 1.89. The van der Waals surface area contributed by atoms with Crippen LogP contribution in [0.25, 0.3) is 0 Å². The Labute approximate surface area is 110 Å². The fraction of sp³-hybridized carbons (Fsp3) is 0.571. The molecule has 0 bridgehead atoms. The maximum absolute atomic E-state index is 11.7. The van der Waals surface area contributed by atoms with Gasteiger partial charge < -0.3 is 5.32 Å². The van der Waals surface area contributed by atoms with Gasteiger partial charge in [0, 0.05) is 13.1 Å². The standard InChI is InChI=1S/C14H21NO2S/c1-2-12-6-3-4-7-13(12)10-15-11-14-8-5-9-18(14,16)17/h3-4,6-7,14-15H,2,5,8-11H2,1H3. The highest BCUT2D eigenvalue weighted by Crippen LogP contribution is 2.19.